The third-order valence-electron chi connectivity index (χ3n) is 5.23. The number of methoxy groups -OCH3 is 2. The first-order valence-electron chi connectivity index (χ1n) is 10.6. The molecule has 7 heteroatoms. The van der Waals surface area contributed by atoms with E-state index in [-0.39, 0.29) is 12.1 Å². The van der Waals surface area contributed by atoms with Crippen LogP contribution >= 0.6 is 0 Å². The van der Waals surface area contributed by atoms with Crippen molar-refractivity contribution in [2.75, 3.05) is 33.9 Å². The third kappa shape index (κ3) is 6.42. The molecule has 1 aromatic carbocycles. The summed E-state index contributed by atoms with van der Waals surface area (Å²) in [4.78, 5) is 4.80. The normalized spacial score (nSPS) is 18.0. The molecule has 2 unspecified atom stereocenters. The van der Waals surface area contributed by atoms with Crippen LogP contribution in [0.2, 0.25) is 0 Å². The molecule has 1 fully saturated rings. The van der Waals surface area contributed by atoms with Crippen molar-refractivity contribution in [3.63, 3.8) is 0 Å². The van der Waals surface area contributed by atoms with Crippen molar-refractivity contribution in [2.45, 2.75) is 44.8 Å². The van der Waals surface area contributed by atoms with Gasteiger partial charge in [0, 0.05) is 25.1 Å². The first-order valence-corrected chi connectivity index (χ1v) is 10.6. The molecule has 1 aromatic heterocycles. The maximum Gasteiger partial charge on any atom is 0.191 e. The number of guanidine groups is 1. The van der Waals surface area contributed by atoms with Crippen LogP contribution in [0.3, 0.4) is 0 Å². The fourth-order valence-electron chi connectivity index (χ4n) is 3.52. The van der Waals surface area contributed by atoms with Gasteiger partial charge in [0.15, 0.2) is 5.96 Å². The monoisotopic (exact) mass is 415 g/mol. The van der Waals surface area contributed by atoms with Gasteiger partial charge in [-0.1, -0.05) is 0 Å². The van der Waals surface area contributed by atoms with Crippen molar-refractivity contribution >= 4 is 5.96 Å². The van der Waals surface area contributed by atoms with Crippen LogP contribution in [-0.4, -0.2) is 46.0 Å². The summed E-state index contributed by atoms with van der Waals surface area (Å²) < 4.78 is 22.2. The van der Waals surface area contributed by atoms with Gasteiger partial charge in [-0.05, 0) is 56.5 Å². The lowest BCUT2D eigenvalue weighted by Crippen LogP contribution is -2.40. The minimum Gasteiger partial charge on any atom is -0.497 e. The number of aliphatic imine (C=N–C) groups is 1. The first-order chi connectivity index (χ1) is 14.7. The molecule has 7 nitrogen and oxygen atoms in total. The molecule has 0 radical (unpaired) electrons. The average molecular weight is 416 g/mol. The van der Waals surface area contributed by atoms with Gasteiger partial charge in [0.1, 0.15) is 17.3 Å². The van der Waals surface area contributed by atoms with Gasteiger partial charge in [-0.3, -0.25) is 4.99 Å². The van der Waals surface area contributed by atoms with Crippen LogP contribution < -0.4 is 20.1 Å². The van der Waals surface area contributed by atoms with Gasteiger partial charge in [-0.15, -0.1) is 0 Å². The number of benzene rings is 1. The molecule has 1 saturated heterocycles. The number of rotatable bonds is 9. The van der Waals surface area contributed by atoms with Gasteiger partial charge in [0.25, 0.3) is 0 Å². The lowest BCUT2D eigenvalue weighted by molar-refractivity contribution is 0.0224. The van der Waals surface area contributed by atoms with E-state index < -0.39 is 0 Å². The zero-order chi connectivity index (χ0) is 21.2. The molecule has 2 atom stereocenters. The van der Waals surface area contributed by atoms with E-state index in [2.05, 4.69) is 17.6 Å². The molecule has 1 aliphatic rings. The second-order valence-corrected chi connectivity index (χ2v) is 7.41. The molecule has 164 valence electrons. The second-order valence-electron chi connectivity index (χ2n) is 7.41. The van der Waals surface area contributed by atoms with Crippen molar-refractivity contribution in [3.8, 4) is 11.5 Å². The largest absolute Gasteiger partial charge is 0.497 e. The Kier molecular flexibility index (Phi) is 8.44. The van der Waals surface area contributed by atoms with E-state index in [0.717, 1.165) is 54.7 Å². The summed E-state index contributed by atoms with van der Waals surface area (Å²) in [7, 11) is 3.34. The molecule has 30 heavy (non-hydrogen) atoms. The van der Waals surface area contributed by atoms with Gasteiger partial charge in [0.05, 0.1) is 39.2 Å². The van der Waals surface area contributed by atoms with Crippen LogP contribution in [0, 0.1) is 0 Å². The summed E-state index contributed by atoms with van der Waals surface area (Å²) in [5.41, 5.74) is 1.01. The van der Waals surface area contributed by atoms with E-state index >= 15 is 0 Å². The zero-order valence-electron chi connectivity index (χ0n) is 18.1. The van der Waals surface area contributed by atoms with E-state index in [1.165, 1.54) is 6.42 Å². The molecule has 0 aliphatic carbocycles. The Bertz CT molecular complexity index is 786. The highest BCUT2D eigenvalue weighted by Gasteiger charge is 2.17. The number of hydrogen-bond donors (Lipinski definition) is 2. The molecule has 2 heterocycles. The summed E-state index contributed by atoms with van der Waals surface area (Å²) in [5, 5.41) is 6.91. The maximum absolute atomic E-state index is 5.83. The highest BCUT2D eigenvalue weighted by Crippen LogP contribution is 2.29. The Labute approximate surface area is 178 Å². The number of ether oxygens (including phenoxy) is 3. The molecule has 0 bridgehead atoms. The maximum atomic E-state index is 5.83. The van der Waals surface area contributed by atoms with Crippen LogP contribution in [-0.2, 0) is 11.2 Å². The average Bonchev–Trinajstić information content (AvgIpc) is 3.31. The van der Waals surface area contributed by atoms with E-state index in [4.69, 9.17) is 23.6 Å². The Balaban J connectivity index is 1.68. The predicted octanol–water partition coefficient (Wildman–Crippen LogP) is 3.70. The Morgan fingerprint density at radius 1 is 1.23 bits per heavy atom. The van der Waals surface area contributed by atoms with Crippen LogP contribution in [0.15, 0.2) is 46.0 Å². The van der Waals surface area contributed by atoms with E-state index in [0.29, 0.717) is 13.1 Å². The summed E-state index contributed by atoms with van der Waals surface area (Å²) >= 11 is 0. The molecule has 1 aliphatic heterocycles. The molecule has 2 aromatic rings. The molecular weight excluding hydrogens is 382 g/mol. The summed E-state index contributed by atoms with van der Waals surface area (Å²) in [5.74, 6) is 3.29. The summed E-state index contributed by atoms with van der Waals surface area (Å²) in [6.45, 7) is 4.26. The fraction of sp³-hybridized carbons (Fsp3) is 0.522. The van der Waals surface area contributed by atoms with Crippen LogP contribution in [0.25, 0.3) is 0 Å². The minimum absolute atomic E-state index is 0.0304. The molecule has 3 rings (SSSR count). The van der Waals surface area contributed by atoms with E-state index in [1.807, 2.05) is 30.3 Å². The smallest absolute Gasteiger partial charge is 0.191 e. The minimum atomic E-state index is -0.0304. The van der Waals surface area contributed by atoms with Gasteiger partial charge < -0.3 is 29.3 Å². The quantitative estimate of drug-likeness (QED) is 0.480. The topological polar surface area (TPSA) is 77.2 Å². The van der Waals surface area contributed by atoms with Crippen LogP contribution in [0.1, 0.15) is 43.6 Å². The van der Waals surface area contributed by atoms with E-state index in [9.17, 15) is 0 Å². The highest BCUT2D eigenvalue weighted by atomic mass is 16.5. The molecule has 0 amide bonds. The lowest BCUT2D eigenvalue weighted by atomic mass is 10.1. The Morgan fingerprint density at radius 3 is 2.83 bits per heavy atom. The van der Waals surface area contributed by atoms with Crippen molar-refractivity contribution in [1.82, 2.24) is 10.6 Å². The van der Waals surface area contributed by atoms with Crippen molar-refractivity contribution in [1.29, 1.82) is 0 Å². The predicted molar refractivity (Wildman–Crippen MR) is 117 cm³/mol. The van der Waals surface area contributed by atoms with Crippen molar-refractivity contribution in [3.05, 3.63) is 47.9 Å². The lowest BCUT2D eigenvalue weighted by Gasteiger charge is -2.23. The molecular formula is C23H33N3O4. The fourth-order valence-corrected chi connectivity index (χ4v) is 3.52. The number of furan rings is 1. The molecule has 2 N–H and O–H groups in total. The highest BCUT2D eigenvalue weighted by molar-refractivity contribution is 5.80. The number of nitrogens with zero attached hydrogens (tertiary/aromatic N) is 1. The summed E-state index contributed by atoms with van der Waals surface area (Å²) in [6.07, 6.45) is 6.06. The van der Waals surface area contributed by atoms with Gasteiger partial charge in [0.2, 0.25) is 0 Å². The van der Waals surface area contributed by atoms with Gasteiger partial charge in [-0.2, -0.15) is 0 Å². The van der Waals surface area contributed by atoms with Gasteiger partial charge >= 0.3 is 0 Å². The molecule has 0 saturated carbocycles. The Morgan fingerprint density at radius 2 is 2.13 bits per heavy atom. The third-order valence-corrected chi connectivity index (χ3v) is 5.23. The van der Waals surface area contributed by atoms with Crippen LogP contribution in [0.5, 0.6) is 11.5 Å². The zero-order valence-corrected chi connectivity index (χ0v) is 18.1. The van der Waals surface area contributed by atoms with Gasteiger partial charge in [-0.25, -0.2) is 0 Å². The number of nitrogens with one attached hydrogen (secondary N) is 2. The standard InChI is InChI=1S/C23H33N3O4/c1-17(21-15-19(27-2)9-10-22(21)28-3)26-23(24-12-11-18-8-6-14-29-18)25-16-20-7-4-5-13-30-20/h6,8-10,14-15,17,20H,4-5,7,11-13,16H2,1-3H3,(H2,24,25,26). The van der Waals surface area contributed by atoms with Crippen molar-refractivity contribution in [2.24, 2.45) is 4.99 Å². The second kappa shape index (κ2) is 11.5. The Hall–Kier alpha value is -2.67. The van der Waals surface area contributed by atoms with Crippen molar-refractivity contribution < 1.29 is 18.6 Å². The summed E-state index contributed by atoms with van der Waals surface area (Å²) in [6, 6.07) is 9.65. The van der Waals surface area contributed by atoms with E-state index in [1.54, 1.807) is 20.5 Å². The SMILES string of the molecule is COc1ccc(OC)c(C(C)NC(=NCC2CCCCO2)NCCc2ccco2)c1. The van der Waals surface area contributed by atoms with Crippen LogP contribution in [0.4, 0.5) is 0 Å². The number of hydrogen-bond acceptors (Lipinski definition) is 5. The first kappa shape index (κ1) is 22.0. The molecule has 0 spiro atoms.